The molecule has 0 N–H and O–H groups in total. The molecular formula is C12H23NO2. The van der Waals surface area contributed by atoms with Crippen molar-refractivity contribution in [1.82, 2.24) is 4.90 Å². The Hall–Kier alpha value is -0.120. The quantitative estimate of drug-likeness (QED) is 0.665. The summed E-state index contributed by atoms with van der Waals surface area (Å²) in [7, 11) is 2.13. The first kappa shape index (κ1) is 11.4. The van der Waals surface area contributed by atoms with Crippen LogP contribution in [0.2, 0.25) is 0 Å². The van der Waals surface area contributed by atoms with E-state index in [4.69, 9.17) is 9.47 Å². The molecule has 0 amide bonds. The number of nitrogens with zero attached hydrogens (tertiary/aromatic N) is 1. The molecule has 2 unspecified atom stereocenters. The van der Waals surface area contributed by atoms with E-state index in [9.17, 15) is 0 Å². The fourth-order valence-electron chi connectivity index (χ4n) is 3.31. The first-order chi connectivity index (χ1) is 6.98. The second-order valence-electron chi connectivity index (χ2n) is 5.22. The van der Waals surface area contributed by atoms with Crippen molar-refractivity contribution in [2.75, 3.05) is 7.05 Å². The van der Waals surface area contributed by atoms with Gasteiger partial charge < -0.3 is 9.47 Å². The van der Waals surface area contributed by atoms with E-state index in [1.807, 2.05) is 0 Å². The molecule has 0 bridgehead atoms. The van der Waals surface area contributed by atoms with Crippen LogP contribution in [0.5, 0.6) is 0 Å². The molecule has 2 rings (SSSR count). The number of hydrogen-bond donors (Lipinski definition) is 0. The van der Waals surface area contributed by atoms with Crippen molar-refractivity contribution in [3.05, 3.63) is 0 Å². The van der Waals surface area contributed by atoms with E-state index >= 15 is 0 Å². The second kappa shape index (κ2) is 3.72. The van der Waals surface area contributed by atoms with Gasteiger partial charge in [-0.1, -0.05) is 6.92 Å². The van der Waals surface area contributed by atoms with Gasteiger partial charge in [0.15, 0.2) is 0 Å². The fraction of sp³-hybridized carbons (Fsp3) is 1.00. The van der Waals surface area contributed by atoms with Crippen LogP contribution in [-0.2, 0) is 9.47 Å². The Bertz CT molecular complexity index is 246. The van der Waals surface area contributed by atoms with Crippen LogP contribution in [-0.4, -0.2) is 42.0 Å². The Morgan fingerprint density at radius 2 is 2.07 bits per heavy atom. The zero-order chi connectivity index (χ0) is 11.2. The van der Waals surface area contributed by atoms with Crippen molar-refractivity contribution < 1.29 is 9.47 Å². The Morgan fingerprint density at radius 3 is 2.67 bits per heavy atom. The summed E-state index contributed by atoms with van der Waals surface area (Å²) in [4.78, 5) is 2.30. The molecule has 0 radical (unpaired) electrons. The third-order valence-electron chi connectivity index (χ3n) is 4.02. The number of hydrogen-bond acceptors (Lipinski definition) is 3. The zero-order valence-electron chi connectivity index (χ0n) is 10.5. The first-order valence-electron chi connectivity index (χ1n) is 6.03. The zero-order valence-corrected chi connectivity index (χ0v) is 10.5. The highest BCUT2D eigenvalue weighted by atomic mass is 16.6. The number of likely N-dealkylation sites (N-methyl/N-ethyl adjacent to an activating group) is 1. The van der Waals surface area contributed by atoms with Crippen LogP contribution in [0.1, 0.15) is 40.5 Å². The minimum atomic E-state index is -0.0213. The smallest absolute Gasteiger partial charge is 0.108 e. The molecule has 0 aliphatic carbocycles. The summed E-state index contributed by atoms with van der Waals surface area (Å²) in [5, 5.41) is 0. The topological polar surface area (TPSA) is 21.7 Å². The maximum absolute atomic E-state index is 6.11. The lowest BCUT2D eigenvalue weighted by molar-refractivity contribution is -0.145. The third-order valence-corrected chi connectivity index (χ3v) is 4.02. The van der Waals surface area contributed by atoms with E-state index in [2.05, 4.69) is 39.6 Å². The summed E-state index contributed by atoms with van der Waals surface area (Å²) in [6.07, 6.45) is 2.94. The van der Waals surface area contributed by atoms with Gasteiger partial charge in [0.2, 0.25) is 0 Å². The largest absolute Gasteiger partial charge is 0.373 e. The first-order valence-corrected chi connectivity index (χ1v) is 6.03. The Labute approximate surface area is 92.7 Å². The average molecular weight is 213 g/mol. The molecule has 2 aliphatic rings. The molecule has 2 fully saturated rings. The molecule has 15 heavy (non-hydrogen) atoms. The average Bonchev–Trinajstić information content (AvgIpc) is 2.37. The Morgan fingerprint density at radius 1 is 1.40 bits per heavy atom. The second-order valence-corrected chi connectivity index (χ2v) is 5.22. The molecule has 0 saturated carbocycles. The van der Waals surface area contributed by atoms with Crippen molar-refractivity contribution in [1.29, 1.82) is 0 Å². The van der Waals surface area contributed by atoms with E-state index in [1.54, 1.807) is 0 Å². The molecule has 0 aromatic heterocycles. The van der Waals surface area contributed by atoms with Crippen molar-refractivity contribution >= 4 is 0 Å². The predicted molar refractivity (Wildman–Crippen MR) is 59.7 cm³/mol. The van der Waals surface area contributed by atoms with E-state index in [1.165, 1.54) is 0 Å². The van der Waals surface area contributed by atoms with Crippen LogP contribution in [0, 0.1) is 0 Å². The summed E-state index contributed by atoms with van der Waals surface area (Å²) in [5.41, 5.74) is -0.0213. The lowest BCUT2D eigenvalue weighted by Crippen LogP contribution is -2.56. The van der Waals surface area contributed by atoms with Gasteiger partial charge in [0.25, 0.3) is 0 Å². The van der Waals surface area contributed by atoms with Crippen LogP contribution >= 0.6 is 0 Å². The summed E-state index contributed by atoms with van der Waals surface area (Å²) >= 11 is 0. The van der Waals surface area contributed by atoms with E-state index in [0.29, 0.717) is 12.1 Å². The monoisotopic (exact) mass is 213 g/mol. The molecule has 3 nitrogen and oxygen atoms in total. The summed E-state index contributed by atoms with van der Waals surface area (Å²) in [6, 6.07) is 0.398. The lowest BCUT2D eigenvalue weighted by atomic mass is 9.83. The summed E-state index contributed by atoms with van der Waals surface area (Å²) in [6.45, 7) is 8.71. The van der Waals surface area contributed by atoms with Gasteiger partial charge in [0.05, 0.1) is 23.9 Å². The van der Waals surface area contributed by atoms with Gasteiger partial charge in [0.1, 0.15) is 6.23 Å². The molecule has 0 aromatic carbocycles. The molecule has 2 heterocycles. The van der Waals surface area contributed by atoms with Crippen molar-refractivity contribution in [2.45, 2.75) is 70.6 Å². The molecule has 88 valence electrons. The molecule has 2 aliphatic heterocycles. The van der Waals surface area contributed by atoms with Crippen molar-refractivity contribution in [3.63, 3.8) is 0 Å². The molecular weight excluding hydrogens is 190 g/mol. The minimum absolute atomic E-state index is 0.0213. The van der Waals surface area contributed by atoms with Gasteiger partial charge in [-0.25, -0.2) is 0 Å². The highest BCUT2D eigenvalue weighted by molar-refractivity contribution is 5.03. The van der Waals surface area contributed by atoms with Crippen LogP contribution in [0.3, 0.4) is 0 Å². The number of fused-ring (bicyclic) bond motifs is 1. The SMILES string of the molecule is CCC1C[C@]2(C)OC(C)N(C)[C@@H]2[C@H](C)O1. The highest BCUT2D eigenvalue weighted by Gasteiger charge is 2.54. The van der Waals surface area contributed by atoms with Crippen LogP contribution in [0.4, 0.5) is 0 Å². The molecule has 2 saturated heterocycles. The van der Waals surface area contributed by atoms with Gasteiger partial charge in [-0.15, -0.1) is 0 Å². The number of rotatable bonds is 1. The van der Waals surface area contributed by atoms with E-state index in [-0.39, 0.29) is 17.9 Å². The summed E-state index contributed by atoms with van der Waals surface area (Å²) in [5.74, 6) is 0. The van der Waals surface area contributed by atoms with Crippen LogP contribution in [0.25, 0.3) is 0 Å². The third kappa shape index (κ3) is 1.71. The fourth-order valence-corrected chi connectivity index (χ4v) is 3.31. The van der Waals surface area contributed by atoms with Gasteiger partial charge in [0, 0.05) is 6.42 Å². The Balaban J connectivity index is 2.21. The van der Waals surface area contributed by atoms with E-state index in [0.717, 1.165) is 12.8 Å². The van der Waals surface area contributed by atoms with Crippen molar-refractivity contribution in [2.24, 2.45) is 0 Å². The van der Waals surface area contributed by atoms with Crippen LogP contribution < -0.4 is 0 Å². The van der Waals surface area contributed by atoms with Gasteiger partial charge >= 0.3 is 0 Å². The van der Waals surface area contributed by atoms with Crippen molar-refractivity contribution in [3.8, 4) is 0 Å². The number of ether oxygens (including phenoxy) is 2. The standard InChI is InChI=1S/C12H23NO2/c1-6-10-7-12(4)11(8(2)14-10)13(5)9(3)15-12/h8-11H,6-7H2,1-5H3/t8-,9?,10?,11+,12-/m0/s1. The maximum atomic E-state index is 6.11. The van der Waals surface area contributed by atoms with E-state index < -0.39 is 0 Å². The molecule has 0 spiro atoms. The summed E-state index contributed by atoms with van der Waals surface area (Å²) < 4.78 is 12.1. The lowest BCUT2D eigenvalue weighted by Gasteiger charge is -2.44. The van der Waals surface area contributed by atoms with Gasteiger partial charge in [-0.2, -0.15) is 0 Å². The molecule has 0 aromatic rings. The molecule has 3 heteroatoms. The predicted octanol–water partition coefficient (Wildman–Crippen LogP) is 2.01. The highest BCUT2D eigenvalue weighted by Crippen LogP contribution is 2.42. The maximum Gasteiger partial charge on any atom is 0.108 e. The normalized spacial score (nSPS) is 51.8. The van der Waals surface area contributed by atoms with Gasteiger partial charge in [-0.05, 0) is 34.2 Å². The van der Waals surface area contributed by atoms with Crippen LogP contribution in [0.15, 0.2) is 0 Å². The molecule has 5 atom stereocenters. The minimum Gasteiger partial charge on any atom is -0.373 e. The van der Waals surface area contributed by atoms with Gasteiger partial charge in [-0.3, -0.25) is 4.90 Å². The Kier molecular flexibility index (Phi) is 2.82.